The van der Waals surface area contributed by atoms with E-state index in [1.165, 1.54) is 54.5 Å². The molecule has 0 unspecified atom stereocenters. The molecule has 0 atom stereocenters. The second-order valence-electron chi connectivity index (χ2n) is 6.28. The first-order valence-corrected chi connectivity index (χ1v) is 11.1. The van der Waals surface area contributed by atoms with Gasteiger partial charge < -0.3 is 4.90 Å². The maximum absolute atomic E-state index is 13.1. The normalized spacial score (nSPS) is 15.2. The summed E-state index contributed by atoms with van der Waals surface area (Å²) in [6, 6.07) is 6.45. The molecule has 26 heavy (non-hydrogen) atoms. The topological polar surface area (TPSA) is 38.1 Å². The molecule has 0 bridgehead atoms. The van der Waals surface area contributed by atoms with Crippen molar-refractivity contribution in [2.45, 2.75) is 49.4 Å². The van der Waals surface area contributed by atoms with Crippen LogP contribution in [0, 0.1) is 9.77 Å². The Kier molecular flexibility index (Phi) is 6.83. The average Bonchev–Trinajstić information content (AvgIpc) is 3.03. The zero-order chi connectivity index (χ0) is 18.5. The molecule has 8 heteroatoms. The largest absolute Gasteiger partial charge is 0.339 e. The van der Waals surface area contributed by atoms with Crippen LogP contribution in [0.25, 0.3) is 5.69 Å². The number of nitrogens with zero attached hydrogens (tertiary/aromatic N) is 3. The molecule has 1 saturated carbocycles. The van der Waals surface area contributed by atoms with Gasteiger partial charge in [-0.2, -0.15) is 0 Å². The summed E-state index contributed by atoms with van der Waals surface area (Å²) in [6.07, 6.45) is 5.93. The molecule has 0 N–H and O–H groups in total. The SMILES string of the molecule is CCN(C(=O)CSc1nn(-c2ccc(F)cc2)c(=S)s1)C1CCCCC1. The lowest BCUT2D eigenvalue weighted by atomic mass is 9.94. The van der Waals surface area contributed by atoms with E-state index in [1.54, 1.807) is 16.8 Å². The lowest BCUT2D eigenvalue weighted by Crippen LogP contribution is -2.42. The Morgan fingerprint density at radius 1 is 1.35 bits per heavy atom. The van der Waals surface area contributed by atoms with Crippen molar-refractivity contribution in [2.75, 3.05) is 12.3 Å². The molecule has 1 amide bonds. The maximum atomic E-state index is 13.1. The summed E-state index contributed by atoms with van der Waals surface area (Å²) < 4.78 is 16.0. The fourth-order valence-electron chi connectivity index (χ4n) is 3.30. The highest BCUT2D eigenvalue weighted by atomic mass is 32.2. The molecule has 1 aliphatic carbocycles. The molecule has 1 heterocycles. The molecular weight excluding hydrogens is 389 g/mol. The summed E-state index contributed by atoms with van der Waals surface area (Å²) in [7, 11) is 0. The smallest absolute Gasteiger partial charge is 0.233 e. The van der Waals surface area contributed by atoms with Crippen molar-refractivity contribution >= 4 is 41.2 Å². The van der Waals surface area contributed by atoms with Gasteiger partial charge in [0.2, 0.25) is 5.91 Å². The summed E-state index contributed by atoms with van der Waals surface area (Å²) in [4.78, 5) is 14.7. The molecule has 0 radical (unpaired) electrons. The van der Waals surface area contributed by atoms with E-state index < -0.39 is 0 Å². The van der Waals surface area contributed by atoms with E-state index in [-0.39, 0.29) is 11.7 Å². The standard InChI is InChI=1S/C18H22FN3OS3/c1-2-21(14-6-4-3-5-7-14)16(23)12-25-17-20-22(18(24)26-17)15-10-8-13(19)9-11-15/h8-11,14H,2-7,12H2,1H3. The molecule has 3 rings (SSSR count). The van der Waals surface area contributed by atoms with E-state index in [4.69, 9.17) is 12.2 Å². The molecule has 140 valence electrons. The van der Waals surface area contributed by atoms with Crippen LogP contribution in [-0.2, 0) is 4.79 Å². The summed E-state index contributed by atoms with van der Waals surface area (Å²) in [5, 5.41) is 4.48. The number of rotatable bonds is 6. The lowest BCUT2D eigenvalue weighted by molar-refractivity contribution is -0.131. The third-order valence-corrected chi connectivity index (χ3v) is 6.95. The number of carbonyl (C=O) groups is 1. The minimum Gasteiger partial charge on any atom is -0.339 e. The summed E-state index contributed by atoms with van der Waals surface area (Å²) in [5.41, 5.74) is 0.725. The minimum absolute atomic E-state index is 0.166. The summed E-state index contributed by atoms with van der Waals surface area (Å²) >= 11 is 8.16. The molecule has 1 aromatic carbocycles. The number of hydrogen-bond acceptors (Lipinski definition) is 5. The highest BCUT2D eigenvalue weighted by Crippen LogP contribution is 2.27. The van der Waals surface area contributed by atoms with Crippen LogP contribution in [0.4, 0.5) is 4.39 Å². The van der Waals surface area contributed by atoms with Crippen LogP contribution in [0.15, 0.2) is 28.6 Å². The Balaban J connectivity index is 1.64. The molecule has 0 spiro atoms. The van der Waals surface area contributed by atoms with Crippen LogP contribution in [0.3, 0.4) is 0 Å². The van der Waals surface area contributed by atoms with Crippen molar-refractivity contribution in [3.63, 3.8) is 0 Å². The second-order valence-corrected chi connectivity index (χ2v) is 9.13. The van der Waals surface area contributed by atoms with E-state index >= 15 is 0 Å². The molecule has 4 nitrogen and oxygen atoms in total. The first kappa shape index (κ1) is 19.5. The molecular formula is C18H22FN3OS3. The quantitative estimate of drug-likeness (QED) is 0.491. The Bertz CT molecular complexity index is 797. The predicted molar refractivity (Wildman–Crippen MR) is 107 cm³/mol. The van der Waals surface area contributed by atoms with Gasteiger partial charge in [0.05, 0.1) is 11.4 Å². The van der Waals surface area contributed by atoms with E-state index in [0.29, 0.717) is 15.7 Å². The molecule has 1 fully saturated rings. The monoisotopic (exact) mass is 411 g/mol. The van der Waals surface area contributed by atoms with Crippen LogP contribution in [-0.4, -0.2) is 38.9 Å². The van der Waals surface area contributed by atoms with Crippen molar-refractivity contribution < 1.29 is 9.18 Å². The van der Waals surface area contributed by atoms with Crippen LogP contribution in [0.2, 0.25) is 0 Å². The highest BCUT2D eigenvalue weighted by Gasteiger charge is 2.24. The Morgan fingerprint density at radius 2 is 2.04 bits per heavy atom. The first-order valence-electron chi connectivity index (χ1n) is 8.87. The van der Waals surface area contributed by atoms with Gasteiger partial charge in [0.1, 0.15) is 5.82 Å². The maximum Gasteiger partial charge on any atom is 0.233 e. The van der Waals surface area contributed by atoms with E-state index in [2.05, 4.69) is 5.10 Å². The molecule has 0 aliphatic heterocycles. The number of hydrogen-bond donors (Lipinski definition) is 0. The van der Waals surface area contributed by atoms with E-state index in [1.807, 2.05) is 11.8 Å². The van der Waals surface area contributed by atoms with Crippen molar-refractivity contribution in [1.29, 1.82) is 0 Å². The van der Waals surface area contributed by atoms with Gasteiger partial charge >= 0.3 is 0 Å². The molecule has 2 aromatic rings. The van der Waals surface area contributed by atoms with Crippen molar-refractivity contribution in [3.8, 4) is 5.69 Å². The van der Waals surface area contributed by atoms with Gasteiger partial charge in [-0.25, -0.2) is 9.07 Å². The van der Waals surface area contributed by atoms with Crippen LogP contribution in [0.5, 0.6) is 0 Å². The first-order chi connectivity index (χ1) is 12.6. The predicted octanol–water partition coefficient (Wildman–Crippen LogP) is 5.08. The van der Waals surface area contributed by atoms with Gasteiger partial charge in [0.25, 0.3) is 0 Å². The molecule has 1 aliphatic rings. The number of thioether (sulfide) groups is 1. The summed E-state index contributed by atoms with van der Waals surface area (Å²) in [5.74, 6) is 0.243. The van der Waals surface area contributed by atoms with Gasteiger partial charge in [-0.05, 0) is 56.2 Å². The number of amides is 1. The molecule has 0 saturated heterocycles. The number of aromatic nitrogens is 2. The number of halogens is 1. The Labute approximate surface area is 166 Å². The lowest BCUT2D eigenvalue weighted by Gasteiger charge is -2.33. The summed E-state index contributed by atoms with van der Waals surface area (Å²) in [6.45, 7) is 2.80. The van der Waals surface area contributed by atoms with Gasteiger partial charge in [-0.15, -0.1) is 5.10 Å². The minimum atomic E-state index is -0.293. The fraction of sp³-hybridized carbons (Fsp3) is 0.500. The Hall–Kier alpha value is -1.25. The van der Waals surface area contributed by atoms with Crippen molar-refractivity contribution in [1.82, 2.24) is 14.7 Å². The van der Waals surface area contributed by atoms with Crippen LogP contribution in [0.1, 0.15) is 39.0 Å². The second kappa shape index (κ2) is 9.10. The van der Waals surface area contributed by atoms with Crippen LogP contribution < -0.4 is 0 Å². The highest BCUT2D eigenvalue weighted by molar-refractivity contribution is 8.01. The number of benzene rings is 1. The zero-order valence-electron chi connectivity index (χ0n) is 14.7. The van der Waals surface area contributed by atoms with Gasteiger partial charge in [-0.3, -0.25) is 4.79 Å². The van der Waals surface area contributed by atoms with Crippen molar-refractivity contribution in [3.05, 3.63) is 34.0 Å². The average molecular weight is 412 g/mol. The fourth-order valence-corrected chi connectivity index (χ4v) is 5.55. The van der Waals surface area contributed by atoms with E-state index in [9.17, 15) is 9.18 Å². The third kappa shape index (κ3) is 4.72. The van der Waals surface area contributed by atoms with E-state index in [0.717, 1.165) is 29.4 Å². The van der Waals surface area contributed by atoms with Gasteiger partial charge in [-0.1, -0.05) is 42.4 Å². The zero-order valence-corrected chi connectivity index (χ0v) is 17.1. The van der Waals surface area contributed by atoms with Crippen molar-refractivity contribution in [2.24, 2.45) is 0 Å². The Morgan fingerprint density at radius 3 is 2.69 bits per heavy atom. The van der Waals surface area contributed by atoms with Gasteiger partial charge in [0.15, 0.2) is 8.29 Å². The molecule has 1 aromatic heterocycles. The third-order valence-electron chi connectivity index (χ3n) is 4.60. The number of carbonyl (C=O) groups excluding carboxylic acids is 1. The van der Waals surface area contributed by atoms with Gasteiger partial charge in [0, 0.05) is 12.6 Å². The van der Waals surface area contributed by atoms with Crippen LogP contribution >= 0.6 is 35.3 Å².